The second kappa shape index (κ2) is 4.49. The van der Waals surface area contributed by atoms with E-state index in [-0.39, 0.29) is 6.10 Å². The second-order valence-corrected chi connectivity index (χ2v) is 4.78. The molecule has 1 aliphatic heterocycles. The molecule has 1 aliphatic rings. The van der Waals surface area contributed by atoms with Crippen molar-refractivity contribution >= 4 is 15.9 Å². The zero-order valence-corrected chi connectivity index (χ0v) is 10.6. The lowest BCUT2D eigenvalue weighted by molar-refractivity contribution is 0.153. The molecule has 0 amide bonds. The van der Waals surface area contributed by atoms with E-state index in [9.17, 15) is 0 Å². The fraction of sp³-hybridized carbons (Fsp3) is 0.545. The van der Waals surface area contributed by atoms with Crippen LogP contribution in [-0.4, -0.2) is 35.6 Å². The summed E-state index contributed by atoms with van der Waals surface area (Å²) in [5, 5.41) is 0. The molecule has 0 aromatic carbocycles. The molecule has 0 radical (unpaired) electrons. The zero-order valence-electron chi connectivity index (χ0n) is 8.98. The Kier molecular flexibility index (Phi) is 3.26. The highest BCUT2D eigenvalue weighted by Gasteiger charge is 2.29. The number of ether oxygens (including phenoxy) is 1. The predicted molar refractivity (Wildman–Crippen MR) is 63.1 cm³/mol. The molecule has 0 spiro atoms. The highest BCUT2D eigenvalue weighted by molar-refractivity contribution is 9.10. The van der Waals surface area contributed by atoms with E-state index >= 15 is 0 Å². The summed E-state index contributed by atoms with van der Waals surface area (Å²) in [4.78, 5) is 6.58. The highest BCUT2D eigenvalue weighted by Crippen LogP contribution is 2.21. The number of nitrogens with zero attached hydrogens (tertiary/aromatic N) is 2. The van der Waals surface area contributed by atoms with E-state index in [4.69, 9.17) is 4.74 Å². The van der Waals surface area contributed by atoms with Crippen LogP contribution in [0.1, 0.15) is 13.3 Å². The number of likely N-dealkylation sites (N-methyl/N-ethyl adjacent to an activating group) is 1. The highest BCUT2D eigenvalue weighted by atomic mass is 79.9. The lowest BCUT2D eigenvalue weighted by atomic mass is 10.2. The molecule has 1 fully saturated rings. The SMILES string of the molecule is C[C@H]1[C@@H](Oc2cccc(Br)n2)CCN1C. The quantitative estimate of drug-likeness (QED) is 0.772. The Morgan fingerprint density at radius 2 is 2.33 bits per heavy atom. The maximum absolute atomic E-state index is 5.86. The molecule has 0 N–H and O–H groups in total. The molecule has 1 saturated heterocycles. The summed E-state index contributed by atoms with van der Waals surface area (Å²) < 4.78 is 6.67. The van der Waals surface area contributed by atoms with E-state index in [0.717, 1.165) is 17.6 Å². The Labute approximate surface area is 98.6 Å². The average Bonchev–Trinajstić information content (AvgIpc) is 2.50. The van der Waals surface area contributed by atoms with Crippen LogP contribution in [0.2, 0.25) is 0 Å². The molecule has 1 aromatic rings. The van der Waals surface area contributed by atoms with Gasteiger partial charge in [-0.25, -0.2) is 4.98 Å². The van der Waals surface area contributed by atoms with E-state index in [1.54, 1.807) is 0 Å². The van der Waals surface area contributed by atoms with Gasteiger partial charge in [0.15, 0.2) is 0 Å². The van der Waals surface area contributed by atoms with Gasteiger partial charge in [0.1, 0.15) is 10.7 Å². The van der Waals surface area contributed by atoms with Crippen LogP contribution in [0.3, 0.4) is 0 Å². The van der Waals surface area contributed by atoms with Gasteiger partial charge in [-0.1, -0.05) is 6.07 Å². The van der Waals surface area contributed by atoms with Crippen molar-refractivity contribution < 1.29 is 4.74 Å². The zero-order chi connectivity index (χ0) is 10.8. The minimum absolute atomic E-state index is 0.261. The van der Waals surface area contributed by atoms with E-state index < -0.39 is 0 Å². The van der Waals surface area contributed by atoms with Crippen molar-refractivity contribution in [2.45, 2.75) is 25.5 Å². The van der Waals surface area contributed by atoms with Gasteiger partial charge in [-0.2, -0.15) is 0 Å². The van der Waals surface area contributed by atoms with Gasteiger partial charge in [-0.15, -0.1) is 0 Å². The molecular weight excluding hydrogens is 256 g/mol. The number of likely N-dealkylation sites (tertiary alicyclic amines) is 1. The molecule has 2 rings (SSSR count). The monoisotopic (exact) mass is 270 g/mol. The van der Waals surface area contributed by atoms with Crippen LogP contribution in [0.15, 0.2) is 22.8 Å². The summed E-state index contributed by atoms with van der Waals surface area (Å²) in [6, 6.07) is 6.20. The van der Waals surface area contributed by atoms with Crippen molar-refractivity contribution in [1.29, 1.82) is 0 Å². The molecule has 0 bridgehead atoms. The minimum Gasteiger partial charge on any atom is -0.473 e. The molecule has 3 nitrogen and oxygen atoms in total. The maximum atomic E-state index is 5.86. The van der Waals surface area contributed by atoms with Crippen molar-refractivity contribution in [1.82, 2.24) is 9.88 Å². The van der Waals surface area contributed by atoms with Gasteiger partial charge in [-0.3, -0.25) is 4.90 Å². The van der Waals surface area contributed by atoms with Crippen molar-refractivity contribution in [3.63, 3.8) is 0 Å². The Morgan fingerprint density at radius 3 is 2.93 bits per heavy atom. The Balaban J connectivity index is 2.03. The number of hydrogen-bond donors (Lipinski definition) is 0. The summed E-state index contributed by atoms with van der Waals surface area (Å²) in [5.74, 6) is 0.705. The molecule has 15 heavy (non-hydrogen) atoms. The van der Waals surface area contributed by atoms with E-state index in [0.29, 0.717) is 11.9 Å². The molecule has 0 unspecified atom stereocenters. The van der Waals surface area contributed by atoms with Gasteiger partial charge in [0, 0.05) is 18.7 Å². The van der Waals surface area contributed by atoms with E-state index in [1.165, 1.54) is 0 Å². The molecule has 2 heterocycles. The van der Waals surface area contributed by atoms with Crippen LogP contribution in [0.25, 0.3) is 0 Å². The molecule has 0 saturated carbocycles. The summed E-state index contributed by atoms with van der Waals surface area (Å²) in [6.07, 6.45) is 1.34. The van der Waals surface area contributed by atoms with Crippen molar-refractivity contribution in [2.75, 3.05) is 13.6 Å². The number of aromatic nitrogens is 1. The number of rotatable bonds is 2. The fourth-order valence-corrected chi connectivity index (χ4v) is 2.15. The minimum atomic E-state index is 0.261. The van der Waals surface area contributed by atoms with Crippen LogP contribution in [0.5, 0.6) is 5.88 Å². The normalized spacial score (nSPS) is 26.9. The maximum Gasteiger partial charge on any atom is 0.214 e. The number of hydrogen-bond acceptors (Lipinski definition) is 3. The first-order valence-corrected chi connectivity index (χ1v) is 5.95. The second-order valence-electron chi connectivity index (χ2n) is 3.96. The van der Waals surface area contributed by atoms with Crippen LogP contribution < -0.4 is 4.74 Å². The smallest absolute Gasteiger partial charge is 0.214 e. The predicted octanol–water partition coefficient (Wildman–Crippen LogP) is 2.32. The molecule has 2 atom stereocenters. The molecular formula is C11H15BrN2O. The van der Waals surface area contributed by atoms with Crippen LogP contribution in [0, 0.1) is 0 Å². The van der Waals surface area contributed by atoms with Crippen molar-refractivity contribution in [2.24, 2.45) is 0 Å². The Hall–Kier alpha value is -0.610. The third kappa shape index (κ3) is 2.49. The molecule has 82 valence electrons. The lowest BCUT2D eigenvalue weighted by Gasteiger charge is -2.20. The first kappa shape index (κ1) is 10.9. The molecule has 1 aromatic heterocycles. The standard InChI is InChI=1S/C11H15BrN2O/c1-8-9(6-7-14(8)2)15-11-5-3-4-10(12)13-11/h3-5,8-9H,6-7H2,1-2H3/t8-,9-/m0/s1. The van der Waals surface area contributed by atoms with Crippen LogP contribution in [0.4, 0.5) is 0 Å². The van der Waals surface area contributed by atoms with Gasteiger partial charge in [0.2, 0.25) is 5.88 Å². The summed E-state index contributed by atoms with van der Waals surface area (Å²) in [5.41, 5.74) is 0. The van der Waals surface area contributed by atoms with E-state index in [1.807, 2.05) is 18.2 Å². The lowest BCUT2D eigenvalue weighted by Crippen LogP contribution is -2.32. The van der Waals surface area contributed by atoms with Gasteiger partial charge in [0.05, 0.1) is 0 Å². The largest absolute Gasteiger partial charge is 0.473 e. The van der Waals surface area contributed by atoms with Gasteiger partial charge in [-0.05, 0) is 42.4 Å². The third-order valence-electron chi connectivity index (χ3n) is 2.96. The van der Waals surface area contributed by atoms with Gasteiger partial charge >= 0.3 is 0 Å². The van der Waals surface area contributed by atoms with Crippen LogP contribution >= 0.6 is 15.9 Å². The number of halogens is 1. The molecule has 0 aliphatic carbocycles. The summed E-state index contributed by atoms with van der Waals surface area (Å²) in [6.45, 7) is 3.29. The topological polar surface area (TPSA) is 25.4 Å². The first-order chi connectivity index (χ1) is 7.16. The van der Waals surface area contributed by atoms with E-state index in [2.05, 4.69) is 39.8 Å². The van der Waals surface area contributed by atoms with Crippen molar-refractivity contribution in [3.05, 3.63) is 22.8 Å². The van der Waals surface area contributed by atoms with Gasteiger partial charge in [0.25, 0.3) is 0 Å². The summed E-state index contributed by atoms with van der Waals surface area (Å²) in [7, 11) is 2.13. The molecule has 4 heteroatoms. The Morgan fingerprint density at radius 1 is 1.53 bits per heavy atom. The third-order valence-corrected chi connectivity index (χ3v) is 3.40. The van der Waals surface area contributed by atoms with Crippen LogP contribution in [-0.2, 0) is 0 Å². The summed E-state index contributed by atoms with van der Waals surface area (Å²) >= 11 is 3.34. The van der Waals surface area contributed by atoms with Gasteiger partial charge < -0.3 is 4.74 Å². The first-order valence-electron chi connectivity index (χ1n) is 5.16. The average molecular weight is 271 g/mol. The number of pyridine rings is 1. The Bertz CT molecular complexity index is 345. The van der Waals surface area contributed by atoms with Crippen molar-refractivity contribution in [3.8, 4) is 5.88 Å². The fourth-order valence-electron chi connectivity index (χ4n) is 1.83.